The molecule has 31 heavy (non-hydrogen) atoms. The van der Waals surface area contributed by atoms with E-state index in [0.29, 0.717) is 29.4 Å². The van der Waals surface area contributed by atoms with Gasteiger partial charge in [0.15, 0.2) is 18.1 Å². The van der Waals surface area contributed by atoms with Gasteiger partial charge in [0, 0.05) is 19.2 Å². The summed E-state index contributed by atoms with van der Waals surface area (Å²) in [5, 5.41) is 5.36. The number of hydrogen-bond donors (Lipinski definition) is 2. The Bertz CT molecular complexity index is 1040. The van der Waals surface area contributed by atoms with Gasteiger partial charge in [-0.25, -0.2) is 0 Å². The van der Waals surface area contributed by atoms with Gasteiger partial charge < -0.3 is 24.8 Å². The number of carbonyl (C=O) groups is 2. The molecule has 7 nitrogen and oxygen atoms in total. The van der Waals surface area contributed by atoms with Crippen LogP contribution in [0.3, 0.4) is 0 Å². The van der Waals surface area contributed by atoms with Crippen molar-refractivity contribution in [3.63, 3.8) is 0 Å². The number of methoxy groups -OCH3 is 1. The number of benzene rings is 3. The number of rotatable bonds is 9. The molecule has 2 N–H and O–H groups in total. The normalized spacial score (nSPS) is 10.1. The van der Waals surface area contributed by atoms with Gasteiger partial charge in [0.2, 0.25) is 0 Å². The van der Waals surface area contributed by atoms with Crippen LogP contribution >= 0.6 is 0 Å². The fourth-order valence-electron chi connectivity index (χ4n) is 2.77. The number of carbonyl (C=O) groups excluding carboxylic acids is 2. The topological polar surface area (TPSA) is 85.9 Å². The molecule has 3 aromatic carbocycles. The smallest absolute Gasteiger partial charge is 0.257 e. The van der Waals surface area contributed by atoms with E-state index in [1.807, 2.05) is 54.6 Å². The van der Waals surface area contributed by atoms with Crippen molar-refractivity contribution in [1.82, 2.24) is 10.6 Å². The highest BCUT2D eigenvalue weighted by Crippen LogP contribution is 2.28. The molecule has 0 aliphatic rings. The molecule has 3 aromatic rings. The van der Waals surface area contributed by atoms with Crippen molar-refractivity contribution in [1.29, 1.82) is 0 Å². The molecular weight excluding hydrogens is 396 g/mol. The SMILES string of the molecule is CNC(=O)COc1ccc(C(=O)NCc2cccc(Oc3ccccc3)c2)cc1OC. The van der Waals surface area contributed by atoms with Crippen LogP contribution < -0.4 is 24.8 Å². The van der Waals surface area contributed by atoms with E-state index < -0.39 is 0 Å². The predicted octanol–water partition coefficient (Wildman–Crippen LogP) is 3.54. The summed E-state index contributed by atoms with van der Waals surface area (Å²) in [5.41, 5.74) is 1.32. The zero-order valence-corrected chi connectivity index (χ0v) is 17.4. The zero-order valence-electron chi connectivity index (χ0n) is 17.4. The van der Waals surface area contributed by atoms with Gasteiger partial charge in [-0.15, -0.1) is 0 Å². The monoisotopic (exact) mass is 420 g/mol. The molecule has 0 aromatic heterocycles. The van der Waals surface area contributed by atoms with Crippen LogP contribution in [0, 0.1) is 0 Å². The standard InChI is InChI=1S/C24H24N2O5/c1-25-23(27)16-30-21-12-11-18(14-22(21)29-2)24(28)26-15-17-7-6-10-20(13-17)31-19-8-4-3-5-9-19/h3-14H,15-16H2,1-2H3,(H,25,27)(H,26,28). The third-order valence-electron chi connectivity index (χ3n) is 4.39. The van der Waals surface area contributed by atoms with Crippen LogP contribution in [0.15, 0.2) is 72.8 Å². The van der Waals surface area contributed by atoms with E-state index in [0.717, 1.165) is 11.3 Å². The first-order valence-corrected chi connectivity index (χ1v) is 9.70. The average molecular weight is 420 g/mol. The Kier molecular flexibility index (Phi) is 7.48. The number of ether oxygens (including phenoxy) is 3. The molecule has 0 unspecified atom stereocenters. The number of nitrogens with one attached hydrogen (secondary N) is 2. The first kappa shape index (κ1) is 21.7. The van der Waals surface area contributed by atoms with Crippen LogP contribution in [-0.4, -0.2) is 32.6 Å². The average Bonchev–Trinajstić information content (AvgIpc) is 2.81. The summed E-state index contributed by atoms with van der Waals surface area (Å²) < 4.78 is 16.5. The molecule has 0 bridgehead atoms. The summed E-state index contributed by atoms with van der Waals surface area (Å²) in [7, 11) is 3.00. The van der Waals surface area contributed by atoms with Crippen LogP contribution in [0.4, 0.5) is 0 Å². The minimum Gasteiger partial charge on any atom is -0.493 e. The van der Waals surface area contributed by atoms with E-state index in [1.165, 1.54) is 14.2 Å². The van der Waals surface area contributed by atoms with Crippen LogP contribution in [0.25, 0.3) is 0 Å². The third-order valence-corrected chi connectivity index (χ3v) is 4.39. The predicted molar refractivity (Wildman–Crippen MR) is 117 cm³/mol. The van der Waals surface area contributed by atoms with Gasteiger partial charge >= 0.3 is 0 Å². The first-order valence-electron chi connectivity index (χ1n) is 9.70. The first-order chi connectivity index (χ1) is 15.1. The molecule has 0 spiro atoms. The summed E-state index contributed by atoms with van der Waals surface area (Å²) >= 11 is 0. The van der Waals surface area contributed by atoms with Gasteiger partial charge in [-0.3, -0.25) is 9.59 Å². The highest BCUT2D eigenvalue weighted by Gasteiger charge is 2.12. The molecule has 0 saturated carbocycles. The lowest BCUT2D eigenvalue weighted by Crippen LogP contribution is -2.25. The van der Waals surface area contributed by atoms with Crippen molar-refractivity contribution in [3.05, 3.63) is 83.9 Å². The summed E-state index contributed by atoms with van der Waals surface area (Å²) in [5.74, 6) is 1.67. The molecule has 0 atom stereocenters. The lowest BCUT2D eigenvalue weighted by molar-refractivity contribution is -0.122. The summed E-state index contributed by atoms with van der Waals surface area (Å²) in [6, 6.07) is 21.8. The number of likely N-dealkylation sites (N-methyl/N-ethyl adjacent to an activating group) is 1. The van der Waals surface area contributed by atoms with E-state index in [2.05, 4.69) is 10.6 Å². The van der Waals surface area contributed by atoms with E-state index in [4.69, 9.17) is 14.2 Å². The molecule has 160 valence electrons. The Labute approximate surface area is 180 Å². The minimum absolute atomic E-state index is 0.139. The van der Waals surface area contributed by atoms with Crippen LogP contribution in [0.1, 0.15) is 15.9 Å². The van der Waals surface area contributed by atoms with Crippen molar-refractivity contribution in [2.24, 2.45) is 0 Å². The molecule has 0 aliphatic carbocycles. The summed E-state index contributed by atoms with van der Waals surface area (Å²) in [6.07, 6.45) is 0. The van der Waals surface area contributed by atoms with Crippen molar-refractivity contribution in [2.75, 3.05) is 20.8 Å². The number of para-hydroxylation sites is 1. The summed E-state index contributed by atoms with van der Waals surface area (Å²) in [6.45, 7) is 0.196. The molecule has 0 saturated heterocycles. The third kappa shape index (κ3) is 6.24. The van der Waals surface area contributed by atoms with Crippen molar-refractivity contribution < 1.29 is 23.8 Å². The molecule has 0 fully saturated rings. The van der Waals surface area contributed by atoms with Crippen LogP contribution in [0.2, 0.25) is 0 Å². The Hall–Kier alpha value is -4.00. The maximum absolute atomic E-state index is 12.6. The van der Waals surface area contributed by atoms with E-state index in [9.17, 15) is 9.59 Å². The molecular formula is C24H24N2O5. The minimum atomic E-state index is -0.262. The molecule has 2 amide bonds. The second-order valence-corrected chi connectivity index (χ2v) is 6.57. The largest absolute Gasteiger partial charge is 0.493 e. The second-order valence-electron chi connectivity index (χ2n) is 6.57. The molecule has 3 rings (SSSR count). The molecule has 0 heterocycles. The van der Waals surface area contributed by atoms with Gasteiger partial charge in [0.25, 0.3) is 11.8 Å². The maximum Gasteiger partial charge on any atom is 0.257 e. The van der Waals surface area contributed by atoms with Gasteiger partial charge in [-0.2, -0.15) is 0 Å². The van der Waals surface area contributed by atoms with Gasteiger partial charge in [0.05, 0.1) is 7.11 Å². The van der Waals surface area contributed by atoms with E-state index >= 15 is 0 Å². The van der Waals surface area contributed by atoms with Crippen LogP contribution in [0.5, 0.6) is 23.0 Å². The Morgan fingerprint density at radius 2 is 1.65 bits per heavy atom. The number of hydrogen-bond acceptors (Lipinski definition) is 5. The maximum atomic E-state index is 12.6. The molecule has 0 aliphatic heterocycles. The molecule has 7 heteroatoms. The van der Waals surface area contributed by atoms with Crippen molar-refractivity contribution in [3.8, 4) is 23.0 Å². The van der Waals surface area contributed by atoms with Crippen LogP contribution in [-0.2, 0) is 11.3 Å². The zero-order chi connectivity index (χ0) is 22.1. The highest BCUT2D eigenvalue weighted by molar-refractivity contribution is 5.94. The van der Waals surface area contributed by atoms with E-state index in [1.54, 1.807) is 18.2 Å². The fourth-order valence-corrected chi connectivity index (χ4v) is 2.77. The fraction of sp³-hybridized carbons (Fsp3) is 0.167. The number of amides is 2. The molecule has 0 radical (unpaired) electrons. The van der Waals surface area contributed by atoms with Gasteiger partial charge in [-0.05, 0) is 48.0 Å². The Morgan fingerprint density at radius 3 is 2.39 bits per heavy atom. The van der Waals surface area contributed by atoms with Crippen molar-refractivity contribution in [2.45, 2.75) is 6.54 Å². The highest BCUT2D eigenvalue weighted by atomic mass is 16.5. The quantitative estimate of drug-likeness (QED) is 0.553. The van der Waals surface area contributed by atoms with Gasteiger partial charge in [0.1, 0.15) is 11.5 Å². The second kappa shape index (κ2) is 10.7. The Morgan fingerprint density at radius 1 is 0.871 bits per heavy atom. The van der Waals surface area contributed by atoms with Gasteiger partial charge in [-0.1, -0.05) is 30.3 Å². The summed E-state index contributed by atoms with van der Waals surface area (Å²) in [4.78, 5) is 23.9. The van der Waals surface area contributed by atoms with Crippen molar-refractivity contribution >= 4 is 11.8 Å². The van der Waals surface area contributed by atoms with E-state index in [-0.39, 0.29) is 18.4 Å². The lowest BCUT2D eigenvalue weighted by Gasteiger charge is -2.12. The Balaban J connectivity index is 1.61. The lowest BCUT2D eigenvalue weighted by atomic mass is 10.1.